The monoisotopic (exact) mass is 431 g/mol. The van der Waals surface area contributed by atoms with Crippen LogP contribution in [0.5, 0.6) is 11.5 Å². The largest absolute Gasteiger partial charge is 0.496 e. The number of benzene rings is 1. The number of hydrogen-bond donors (Lipinski definition) is 1. The molecule has 4 nitrogen and oxygen atoms in total. The lowest BCUT2D eigenvalue weighted by Crippen LogP contribution is -2.18. The molecule has 0 aromatic heterocycles. The summed E-state index contributed by atoms with van der Waals surface area (Å²) in [5, 5.41) is 2.82. The van der Waals surface area contributed by atoms with E-state index in [-0.39, 0.29) is 5.91 Å². The third kappa shape index (κ3) is 12.5. The molecular weight excluding hydrogens is 386 g/mol. The second-order valence-corrected chi connectivity index (χ2v) is 8.30. The maximum atomic E-state index is 12.4. The van der Waals surface area contributed by atoms with E-state index in [9.17, 15) is 4.79 Å². The maximum Gasteiger partial charge on any atom is 0.262 e. The predicted molar refractivity (Wildman–Crippen MR) is 131 cm³/mol. The van der Waals surface area contributed by atoms with Crippen molar-refractivity contribution in [1.82, 2.24) is 5.32 Å². The minimum Gasteiger partial charge on any atom is -0.496 e. The number of hydrogen-bond acceptors (Lipinski definition) is 3. The topological polar surface area (TPSA) is 47.6 Å². The van der Waals surface area contributed by atoms with Gasteiger partial charge in [-0.3, -0.25) is 4.79 Å². The number of allylic oxidation sites excluding steroid dienone is 1. The number of amides is 1. The highest BCUT2D eigenvalue weighted by atomic mass is 16.5. The molecule has 0 saturated carbocycles. The molecule has 1 N–H and O–H groups in total. The number of methoxy groups -OCH3 is 2. The Morgan fingerprint density at radius 3 is 1.68 bits per heavy atom. The van der Waals surface area contributed by atoms with Gasteiger partial charge in [0.15, 0.2) is 0 Å². The Labute approximate surface area is 190 Å². The summed E-state index contributed by atoms with van der Waals surface area (Å²) in [5.41, 5.74) is 0.425. The van der Waals surface area contributed by atoms with Gasteiger partial charge in [0.2, 0.25) is 0 Å². The zero-order chi connectivity index (χ0) is 22.6. The SMILES string of the molecule is CCCCCCCCCCCCCCCCC=CNC(=O)c1c(OC)cccc1OC. The first-order valence-electron chi connectivity index (χ1n) is 12.4. The third-order valence-electron chi connectivity index (χ3n) is 5.71. The fourth-order valence-corrected chi connectivity index (χ4v) is 3.82. The molecule has 0 fully saturated rings. The molecule has 1 aromatic carbocycles. The van der Waals surface area contributed by atoms with E-state index in [4.69, 9.17) is 9.47 Å². The summed E-state index contributed by atoms with van der Waals surface area (Å²) >= 11 is 0. The molecule has 1 rings (SSSR count). The summed E-state index contributed by atoms with van der Waals surface area (Å²) in [6, 6.07) is 5.32. The minimum absolute atomic E-state index is 0.216. The number of nitrogens with one attached hydrogen (secondary N) is 1. The molecule has 0 atom stereocenters. The van der Waals surface area contributed by atoms with Crippen molar-refractivity contribution in [2.45, 2.75) is 103 Å². The van der Waals surface area contributed by atoms with Gasteiger partial charge in [0.05, 0.1) is 14.2 Å². The highest BCUT2D eigenvalue weighted by Crippen LogP contribution is 2.27. The summed E-state index contributed by atoms with van der Waals surface area (Å²) in [6.07, 6.45) is 23.9. The van der Waals surface area contributed by atoms with Crippen LogP contribution in [0.15, 0.2) is 30.5 Å². The molecule has 31 heavy (non-hydrogen) atoms. The van der Waals surface area contributed by atoms with Crippen LogP contribution in [-0.2, 0) is 0 Å². The normalized spacial score (nSPS) is 11.1. The van der Waals surface area contributed by atoms with Gasteiger partial charge >= 0.3 is 0 Å². The van der Waals surface area contributed by atoms with Crippen LogP contribution in [-0.4, -0.2) is 20.1 Å². The smallest absolute Gasteiger partial charge is 0.262 e. The molecule has 0 aliphatic rings. The predicted octanol–water partition coefficient (Wildman–Crippen LogP) is 7.82. The van der Waals surface area contributed by atoms with Gasteiger partial charge in [0.25, 0.3) is 5.91 Å². The number of ether oxygens (including phenoxy) is 2. The highest BCUT2D eigenvalue weighted by Gasteiger charge is 2.16. The number of carbonyl (C=O) groups excluding carboxylic acids is 1. The lowest BCUT2D eigenvalue weighted by molar-refractivity contribution is 0.0964. The van der Waals surface area contributed by atoms with Crippen molar-refractivity contribution in [1.29, 1.82) is 0 Å². The fourth-order valence-electron chi connectivity index (χ4n) is 3.82. The molecular formula is C27H45NO3. The van der Waals surface area contributed by atoms with Gasteiger partial charge < -0.3 is 14.8 Å². The summed E-state index contributed by atoms with van der Waals surface area (Å²) < 4.78 is 10.6. The summed E-state index contributed by atoms with van der Waals surface area (Å²) in [5.74, 6) is 0.806. The maximum absolute atomic E-state index is 12.4. The van der Waals surface area contributed by atoms with Crippen LogP contribution < -0.4 is 14.8 Å². The number of carbonyl (C=O) groups is 1. The molecule has 0 aliphatic carbocycles. The van der Waals surface area contributed by atoms with E-state index in [1.54, 1.807) is 38.6 Å². The first-order valence-corrected chi connectivity index (χ1v) is 12.4. The van der Waals surface area contributed by atoms with Crippen molar-refractivity contribution in [3.8, 4) is 11.5 Å². The zero-order valence-electron chi connectivity index (χ0n) is 20.2. The average molecular weight is 432 g/mol. The van der Waals surface area contributed by atoms with Gasteiger partial charge in [-0.05, 0) is 25.0 Å². The van der Waals surface area contributed by atoms with Crippen LogP contribution in [0.1, 0.15) is 114 Å². The molecule has 0 aliphatic heterocycles. The van der Waals surface area contributed by atoms with Gasteiger partial charge in [-0.25, -0.2) is 0 Å². The van der Waals surface area contributed by atoms with E-state index in [2.05, 4.69) is 12.2 Å². The van der Waals surface area contributed by atoms with Gasteiger partial charge in [-0.2, -0.15) is 0 Å². The van der Waals surface area contributed by atoms with Crippen molar-refractivity contribution >= 4 is 5.91 Å². The lowest BCUT2D eigenvalue weighted by Gasteiger charge is -2.11. The molecule has 0 unspecified atom stereocenters. The molecule has 1 aromatic rings. The first-order chi connectivity index (χ1) is 15.2. The fraction of sp³-hybridized carbons (Fsp3) is 0.667. The van der Waals surface area contributed by atoms with Crippen molar-refractivity contribution in [2.75, 3.05) is 14.2 Å². The van der Waals surface area contributed by atoms with Gasteiger partial charge in [0, 0.05) is 6.20 Å². The first kappa shape index (κ1) is 27.1. The minimum atomic E-state index is -0.216. The van der Waals surface area contributed by atoms with Crippen LogP contribution in [0.4, 0.5) is 0 Å². The Morgan fingerprint density at radius 1 is 0.774 bits per heavy atom. The second-order valence-electron chi connectivity index (χ2n) is 8.30. The Bertz CT molecular complexity index is 590. The van der Waals surface area contributed by atoms with Crippen molar-refractivity contribution in [2.24, 2.45) is 0 Å². The van der Waals surface area contributed by atoms with E-state index >= 15 is 0 Å². The van der Waals surface area contributed by atoms with Gasteiger partial charge in [-0.15, -0.1) is 0 Å². The Balaban J connectivity index is 2.01. The molecule has 0 saturated heterocycles. The van der Waals surface area contributed by atoms with E-state index < -0.39 is 0 Å². The van der Waals surface area contributed by atoms with E-state index in [1.165, 1.54) is 89.9 Å². The summed E-state index contributed by atoms with van der Waals surface area (Å²) in [7, 11) is 3.11. The van der Waals surface area contributed by atoms with Crippen LogP contribution in [0, 0.1) is 0 Å². The number of rotatable bonds is 19. The molecule has 0 spiro atoms. The van der Waals surface area contributed by atoms with Gasteiger partial charge in [0.1, 0.15) is 17.1 Å². The molecule has 176 valence electrons. The molecule has 0 radical (unpaired) electrons. The van der Waals surface area contributed by atoms with E-state index in [0.717, 1.165) is 6.42 Å². The van der Waals surface area contributed by atoms with Crippen LogP contribution in [0.3, 0.4) is 0 Å². The van der Waals surface area contributed by atoms with Crippen molar-refractivity contribution in [3.05, 3.63) is 36.0 Å². The highest BCUT2D eigenvalue weighted by molar-refractivity contribution is 6.00. The van der Waals surface area contributed by atoms with Crippen molar-refractivity contribution in [3.63, 3.8) is 0 Å². The Hall–Kier alpha value is -1.97. The third-order valence-corrected chi connectivity index (χ3v) is 5.71. The Morgan fingerprint density at radius 2 is 1.23 bits per heavy atom. The quantitative estimate of drug-likeness (QED) is 0.227. The molecule has 1 amide bonds. The summed E-state index contributed by atoms with van der Waals surface area (Å²) in [4.78, 5) is 12.4. The van der Waals surface area contributed by atoms with Crippen LogP contribution >= 0.6 is 0 Å². The lowest BCUT2D eigenvalue weighted by atomic mass is 10.0. The summed E-state index contributed by atoms with van der Waals surface area (Å²) in [6.45, 7) is 2.28. The van der Waals surface area contributed by atoms with Crippen LogP contribution in [0.2, 0.25) is 0 Å². The van der Waals surface area contributed by atoms with Gasteiger partial charge in [-0.1, -0.05) is 103 Å². The number of unbranched alkanes of at least 4 members (excludes halogenated alkanes) is 14. The molecule has 4 heteroatoms. The second kappa shape index (κ2) is 18.8. The van der Waals surface area contributed by atoms with Crippen LogP contribution in [0.25, 0.3) is 0 Å². The molecule has 0 bridgehead atoms. The average Bonchev–Trinajstić information content (AvgIpc) is 2.80. The van der Waals surface area contributed by atoms with E-state index in [1.807, 2.05) is 6.08 Å². The standard InChI is InChI=1S/C27H45NO3/c1-4-5-6-7-8-9-10-11-12-13-14-15-16-17-18-19-23-28-27(29)26-24(30-2)21-20-22-25(26)31-3/h19-23H,4-18H2,1-3H3,(H,28,29). The zero-order valence-corrected chi connectivity index (χ0v) is 20.2. The molecule has 0 heterocycles. The Kier molecular flexibility index (Phi) is 16.4. The van der Waals surface area contributed by atoms with Crippen molar-refractivity contribution < 1.29 is 14.3 Å². The van der Waals surface area contributed by atoms with E-state index in [0.29, 0.717) is 17.1 Å².